The highest BCUT2D eigenvalue weighted by molar-refractivity contribution is 7.98. The number of urea groups is 1. The third-order valence-corrected chi connectivity index (χ3v) is 2.62. The van der Waals surface area contributed by atoms with Gasteiger partial charge >= 0.3 is 6.03 Å². The molecule has 0 bridgehead atoms. The molecular weight excluding hydrogens is 172 g/mol. The Bertz CT molecular complexity index is 327. The Kier molecular flexibility index (Phi) is 1.69. The Morgan fingerprint density at radius 3 is 3.00 bits per heavy atom. The molecule has 0 saturated carbocycles. The third kappa shape index (κ3) is 1.04. The number of nitrogens with zero attached hydrogens (tertiary/aromatic N) is 1. The van der Waals surface area contributed by atoms with Crippen LogP contribution in [0.2, 0.25) is 0 Å². The van der Waals surface area contributed by atoms with Crippen molar-refractivity contribution in [2.75, 3.05) is 11.9 Å². The number of fused-ring (bicyclic) bond motifs is 1. The minimum atomic E-state index is -0.0706. The lowest BCUT2D eigenvalue weighted by molar-refractivity contribution is 0.252. The molecule has 1 N–H and O–H groups in total. The molecule has 0 radical (unpaired) electrons. The molecule has 62 valence electrons. The number of para-hydroxylation sites is 1. The molecular formula is C8H8N2OS. The standard InChI is InChI=1S/C8H8N2OS/c1-10-6-4-2-3-5-7(6)12-9-8(10)11/h2-5H,1H3,(H,9,11). The lowest BCUT2D eigenvalue weighted by Gasteiger charge is -2.24. The summed E-state index contributed by atoms with van der Waals surface area (Å²) >= 11 is 1.36. The molecule has 0 fully saturated rings. The van der Waals surface area contributed by atoms with E-state index in [4.69, 9.17) is 0 Å². The highest BCUT2D eigenvalue weighted by Gasteiger charge is 2.19. The molecule has 0 aliphatic carbocycles. The monoisotopic (exact) mass is 180 g/mol. The Morgan fingerprint density at radius 1 is 1.42 bits per heavy atom. The second-order valence-electron chi connectivity index (χ2n) is 2.54. The second-order valence-corrected chi connectivity index (χ2v) is 3.38. The third-order valence-electron chi connectivity index (χ3n) is 1.78. The number of nitrogens with one attached hydrogen (secondary N) is 1. The van der Waals surface area contributed by atoms with Crippen LogP contribution in [0.5, 0.6) is 0 Å². The van der Waals surface area contributed by atoms with Gasteiger partial charge in [0.2, 0.25) is 0 Å². The first-order chi connectivity index (χ1) is 5.79. The van der Waals surface area contributed by atoms with Gasteiger partial charge in [-0.3, -0.25) is 9.62 Å². The van der Waals surface area contributed by atoms with E-state index < -0.39 is 0 Å². The Morgan fingerprint density at radius 2 is 2.17 bits per heavy atom. The number of rotatable bonds is 0. The molecule has 1 aliphatic heterocycles. The van der Waals surface area contributed by atoms with Crippen LogP contribution in [-0.2, 0) is 0 Å². The van der Waals surface area contributed by atoms with Crippen molar-refractivity contribution in [1.29, 1.82) is 0 Å². The van der Waals surface area contributed by atoms with Gasteiger partial charge in [0.1, 0.15) is 0 Å². The van der Waals surface area contributed by atoms with E-state index in [-0.39, 0.29) is 6.03 Å². The molecule has 0 atom stereocenters. The van der Waals surface area contributed by atoms with E-state index in [0.717, 1.165) is 10.6 Å². The van der Waals surface area contributed by atoms with E-state index in [2.05, 4.69) is 4.72 Å². The summed E-state index contributed by atoms with van der Waals surface area (Å²) in [6.45, 7) is 0. The molecule has 1 aromatic carbocycles. The Balaban J connectivity index is 2.48. The number of hydrogen-bond donors (Lipinski definition) is 1. The van der Waals surface area contributed by atoms with Crippen LogP contribution in [0.25, 0.3) is 0 Å². The topological polar surface area (TPSA) is 32.3 Å². The highest BCUT2D eigenvalue weighted by Crippen LogP contribution is 2.31. The fraction of sp³-hybridized carbons (Fsp3) is 0.125. The summed E-state index contributed by atoms with van der Waals surface area (Å²) in [5, 5.41) is 0. The molecule has 0 spiro atoms. The summed E-state index contributed by atoms with van der Waals surface area (Å²) in [5.41, 5.74) is 0.964. The van der Waals surface area contributed by atoms with E-state index >= 15 is 0 Å². The van der Waals surface area contributed by atoms with Crippen molar-refractivity contribution in [3.8, 4) is 0 Å². The number of amides is 2. The molecule has 1 aliphatic rings. The quantitative estimate of drug-likeness (QED) is 0.618. The summed E-state index contributed by atoms with van der Waals surface area (Å²) in [4.78, 5) is 13.8. The first-order valence-electron chi connectivity index (χ1n) is 3.58. The van der Waals surface area contributed by atoms with Crippen LogP contribution < -0.4 is 9.62 Å². The van der Waals surface area contributed by atoms with Crippen molar-refractivity contribution < 1.29 is 4.79 Å². The predicted octanol–water partition coefficient (Wildman–Crippen LogP) is 1.85. The average Bonchev–Trinajstić information content (AvgIpc) is 2.12. The van der Waals surface area contributed by atoms with E-state index in [1.807, 2.05) is 24.3 Å². The van der Waals surface area contributed by atoms with E-state index in [1.54, 1.807) is 11.9 Å². The van der Waals surface area contributed by atoms with Gasteiger partial charge in [-0.2, -0.15) is 0 Å². The number of carbonyl (C=O) groups excluding carboxylic acids is 1. The smallest absolute Gasteiger partial charge is 0.296 e. The second kappa shape index (κ2) is 2.71. The molecule has 0 aromatic heterocycles. The highest BCUT2D eigenvalue weighted by atomic mass is 32.2. The van der Waals surface area contributed by atoms with Gasteiger partial charge < -0.3 is 0 Å². The SMILES string of the molecule is CN1C(=O)NSc2ccccc21. The van der Waals surface area contributed by atoms with Crippen molar-refractivity contribution >= 4 is 23.7 Å². The molecule has 2 amide bonds. The van der Waals surface area contributed by atoms with Gasteiger partial charge in [-0.1, -0.05) is 12.1 Å². The maximum atomic E-state index is 11.2. The van der Waals surface area contributed by atoms with Gasteiger partial charge in [-0.05, 0) is 24.1 Å². The predicted molar refractivity (Wildman–Crippen MR) is 49.2 cm³/mol. The summed E-state index contributed by atoms with van der Waals surface area (Å²) in [6, 6.07) is 7.72. The van der Waals surface area contributed by atoms with Crippen LogP contribution in [0.1, 0.15) is 0 Å². The summed E-state index contributed by atoms with van der Waals surface area (Å²) in [7, 11) is 1.76. The fourth-order valence-electron chi connectivity index (χ4n) is 1.10. The molecule has 0 saturated heterocycles. The van der Waals surface area contributed by atoms with Crippen LogP contribution in [-0.4, -0.2) is 13.1 Å². The minimum Gasteiger partial charge on any atom is -0.296 e. The fourth-order valence-corrected chi connectivity index (χ4v) is 1.89. The van der Waals surface area contributed by atoms with Gasteiger partial charge in [0.05, 0.1) is 10.6 Å². The first kappa shape index (κ1) is 7.49. The number of hydrogen-bond acceptors (Lipinski definition) is 2. The summed E-state index contributed by atoms with van der Waals surface area (Å²) in [6.07, 6.45) is 0. The molecule has 1 heterocycles. The van der Waals surface area contributed by atoms with E-state index in [1.165, 1.54) is 11.9 Å². The van der Waals surface area contributed by atoms with Crippen molar-refractivity contribution in [2.45, 2.75) is 4.90 Å². The van der Waals surface area contributed by atoms with E-state index in [0.29, 0.717) is 0 Å². The van der Waals surface area contributed by atoms with Crippen LogP contribution in [0.15, 0.2) is 29.2 Å². The zero-order chi connectivity index (χ0) is 8.55. The molecule has 2 rings (SSSR count). The van der Waals surface area contributed by atoms with Gasteiger partial charge in [-0.15, -0.1) is 0 Å². The molecule has 4 heteroatoms. The van der Waals surface area contributed by atoms with Crippen molar-refractivity contribution in [3.63, 3.8) is 0 Å². The van der Waals surface area contributed by atoms with Gasteiger partial charge in [0, 0.05) is 7.05 Å². The summed E-state index contributed by atoms with van der Waals surface area (Å²) < 4.78 is 2.69. The maximum Gasteiger partial charge on any atom is 0.331 e. The zero-order valence-corrected chi connectivity index (χ0v) is 7.39. The molecule has 12 heavy (non-hydrogen) atoms. The first-order valence-corrected chi connectivity index (χ1v) is 4.40. The lowest BCUT2D eigenvalue weighted by Crippen LogP contribution is -2.36. The maximum absolute atomic E-state index is 11.2. The van der Waals surface area contributed by atoms with Gasteiger partial charge in [0.25, 0.3) is 0 Å². The largest absolute Gasteiger partial charge is 0.331 e. The van der Waals surface area contributed by atoms with Gasteiger partial charge in [0.15, 0.2) is 0 Å². The summed E-state index contributed by atoms with van der Waals surface area (Å²) in [5.74, 6) is 0. The van der Waals surface area contributed by atoms with Crippen molar-refractivity contribution in [3.05, 3.63) is 24.3 Å². The average molecular weight is 180 g/mol. The van der Waals surface area contributed by atoms with E-state index in [9.17, 15) is 4.79 Å². The van der Waals surface area contributed by atoms with Crippen LogP contribution in [0.3, 0.4) is 0 Å². The normalized spacial score (nSPS) is 15.4. The Labute approximate surface area is 74.9 Å². The van der Waals surface area contributed by atoms with Crippen LogP contribution >= 0.6 is 11.9 Å². The van der Waals surface area contributed by atoms with Crippen LogP contribution in [0, 0.1) is 0 Å². The number of carbonyl (C=O) groups is 1. The Hall–Kier alpha value is -1.16. The number of anilines is 1. The van der Waals surface area contributed by atoms with Crippen LogP contribution in [0.4, 0.5) is 10.5 Å². The molecule has 3 nitrogen and oxygen atoms in total. The van der Waals surface area contributed by atoms with Crippen molar-refractivity contribution in [1.82, 2.24) is 4.72 Å². The minimum absolute atomic E-state index is 0.0706. The van der Waals surface area contributed by atoms with Crippen molar-refractivity contribution in [2.24, 2.45) is 0 Å². The molecule has 0 unspecified atom stereocenters. The zero-order valence-electron chi connectivity index (χ0n) is 6.57. The van der Waals surface area contributed by atoms with Gasteiger partial charge in [-0.25, -0.2) is 4.79 Å². The number of benzene rings is 1. The molecule has 1 aromatic rings. The lowest BCUT2D eigenvalue weighted by atomic mass is 10.3.